The average Bonchev–Trinajstić information content (AvgIpc) is 2.20. The molecule has 4 N–H and O–H groups in total. The summed E-state index contributed by atoms with van der Waals surface area (Å²) in [5.41, 5.74) is 0. The second-order valence-corrected chi connectivity index (χ2v) is 5.62. The normalized spacial score (nSPS) is 35.3. The van der Waals surface area contributed by atoms with E-state index < -0.39 is 46.0 Å². The average molecular weight is 305 g/mol. The van der Waals surface area contributed by atoms with E-state index in [1.165, 1.54) is 6.92 Å². The van der Waals surface area contributed by atoms with Gasteiger partial charge in [-0.25, -0.2) is 13.1 Å². The van der Waals surface area contributed by atoms with E-state index in [1.54, 1.807) is 0 Å². The largest absolute Gasteiger partial charge is 0.397 e. The first-order chi connectivity index (χ1) is 8.23. The van der Waals surface area contributed by atoms with Crippen molar-refractivity contribution in [2.45, 2.75) is 37.7 Å². The molecule has 11 heteroatoms. The highest BCUT2D eigenvalue weighted by molar-refractivity contribution is 7.80. The van der Waals surface area contributed by atoms with Gasteiger partial charge in [-0.2, -0.15) is 8.42 Å². The van der Waals surface area contributed by atoms with Gasteiger partial charge in [-0.3, -0.25) is 9.11 Å². The van der Waals surface area contributed by atoms with Crippen LogP contribution >= 0.6 is 0 Å². The SMILES string of the molecule is CC1OC(CO)C[C@H](OS(=O)(=O)O)C1NS(=O)O. The van der Waals surface area contributed by atoms with Crippen molar-refractivity contribution in [3.63, 3.8) is 0 Å². The number of rotatable bonds is 5. The van der Waals surface area contributed by atoms with E-state index in [9.17, 15) is 12.6 Å². The molecule has 0 spiro atoms. The fourth-order valence-electron chi connectivity index (χ4n) is 1.81. The molecular formula is C7H15NO8S2. The zero-order valence-corrected chi connectivity index (χ0v) is 11.1. The zero-order valence-electron chi connectivity index (χ0n) is 9.42. The Hall–Kier alpha value is -0.140. The van der Waals surface area contributed by atoms with E-state index >= 15 is 0 Å². The van der Waals surface area contributed by atoms with Crippen molar-refractivity contribution < 1.29 is 35.8 Å². The molecule has 0 aromatic carbocycles. The van der Waals surface area contributed by atoms with Gasteiger partial charge in [-0.1, -0.05) is 0 Å². The lowest BCUT2D eigenvalue weighted by Gasteiger charge is -2.38. The Labute approximate surface area is 107 Å². The first-order valence-corrected chi connectivity index (χ1v) is 7.49. The molecule has 1 heterocycles. The summed E-state index contributed by atoms with van der Waals surface area (Å²) >= 11 is -2.40. The van der Waals surface area contributed by atoms with Gasteiger partial charge in [-0.15, -0.1) is 0 Å². The second-order valence-electron chi connectivity index (χ2n) is 3.84. The topological polar surface area (TPSA) is 142 Å². The van der Waals surface area contributed by atoms with Crippen LogP contribution in [0.1, 0.15) is 13.3 Å². The molecule has 0 saturated carbocycles. The quantitative estimate of drug-likeness (QED) is 0.353. The van der Waals surface area contributed by atoms with Crippen molar-refractivity contribution in [3.05, 3.63) is 0 Å². The van der Waals surface area contributed by atoms with Crippen molar-refractivity contribution >= 4 is 21.7 Å². The molecule has 1 aliphatic rings. The number of hydrogen-bond donors (Lipinski definition) is 4. The molecule has 5 atom stereocenters. The van der Waals surface area contributed by atoms with Gasteiger partial charge in [-0.05, 0) is 6.92 Å². The van der Waals surface area contributed by atoms with E-state index in [4.69, 9.17) is 18.9 Å². The molecule has 1 fully saturated rings. The minimum absolute atomic E-state index is 0.0461. The highest BCUT2D eigenvalue weighted by Crippen LogP contribution is 2.23. The van der Waals surface area contributed by atoms with E-state index in [1.807, 2.05) is 0 Å². The predicted molar refractivity (Wildman–Crippen MR) is 60.2 cm³/mol. The van der Waals surface area contributed by atoms with Gasteiger partial charge in [0.2, 0.25) is 11.3 Å². The molecule has 0 aromatic rings. The molecule has 18 heavy (non-hydrogen) atoms. The summed E-state index contributed by atoms with van der Waals surface area (Å²) in [5, 5.41) is 8.97. The Morgan fingerprint density at radius 3 is 2.61 bits per heavy atom. The van der Waals surface area contributed by atoms with E-state index in [0.29, 0.717) is 0 Å². The highest BCUT2D eigenvalue weighted by atomic mass is 32.3. The van der Waals surface area contributed by atoms with Crippen molar-refractivity contribution in [3.8, 4) is 0 Å². The second kappa shape index (κ2) is 6.34. The standard InChI is InChI=1S/C7H15NO8S2/c1-4-7(8-17(10)11)6(16-18(12,13)14)2-5(3-9)15-4/h4-9H,2-3H2,1H3,(H,10,11)(H,12,13,14)/t4?,5?,6-,7?/m0/s1. The van der Waals surface area contributed by atoms with Gasteiger partial charge in [0.1, 0.15) is 6.10 Å². The maximum absolute atomic E-state index is 10.7. The predicted octanol–water partition coefficient (Wildman–Crippen LogP) is -1.56. The molecule has 1 aliphatic heterocycles. The van der Waals surface area contributed by atoms with Gasteiger partial charge < -0.3 is 9.84 Å². The number of hydrogen-bond acceptors (Lipinski definition) is 6. The van der Waals surface area contributed by atoms with Crippen LogP contribution in [-0.2, 0) is 30.6 Å². The van der Waals surface area contributed by atoms with E-state index in [2.05, 4.69) is 8.91 Å². The van der Waals surface area contributed by atoms with Crippen LogP contribution < -0.4 is 4.72 Å². The van der Waals surface area contributed by atoms with Crippen molar-refractivity contribution in [1.29, 1.82) is 0 Å². The molecule has 1 saturated heterocycles. The molecule has 0 bridgehead atoms. The number of ether oxygens (including phenoxy) is 1. The molecule has 0 amide bonds. The Balaban J connectivity index is 2.85. The van der Waals surface area contributed by atoms with Crippen molar-refractivity contribution in [1.82, 2.24) is 4.72 Å². The molecule has 1 rings (SSSR count). The minimum Gasteiger partial charge on any atom is -0.394 e. The van der Waals surface area contributed by atoms with Crippen LogP contribution in [0.4, 0.5) is 0 Å². The lowest BCUT2D eigenvalue weighted by atomic mass is 9.97. The van der Waals surface area contributed by atoms with Gasteiger partial charge in [0, 0.05) is 6.42 Å². The summed E-state index contributed by atoms with van der Waals surface area (Å²) < 4.78 is 61.4. The first kappa shape index (κ1) is 15.9. The number of nitrogens with one attached hydrogen (secondary N) is 1. The maximum atomic E-state index is 10.7. The van der Waals surface area contributed by atoms with Crippen molar-refractivity contribution in [2.75, 3.05) is 6.61 Å². The fraction of sp³-hybridized carbons (Fsp3) is 1.00. The van der Waals surface area contributed by atoms with E-state index in [0.717, 1.165) is 0 Å². The third kappa shape index (κ3) is 4.85. The van der Waals surface area contributed by atoms with Gasteiger partial charge in [0.25, 0.3) is 0 Å². The Bertz CT molecular complexity index is 398. The summed E-state index contributed by atoms with van der Waals surface area (Å²) in [7, 11) is -4.71. The molecule has 9 nitrogen and oxygen atoms in total. The Morgan fingerprint density at radius 1 is 1.56 bits per heavy atom. The lowest BCUT2D eigenvalue weighted by molar-refractivity contribution is -0.113. The van der Waals surface area contributed by atoms with Crippen molar-refractivity contribution in [2.24, 2.45) is 0 Å². The minimum atomic E-state index is -4.71. The Kier molecular flexibility index (Phi) is 5.61. The Morgan fingerprint density at radius 2 is 2.17 bits per heavy atom. The zero-order chi connectivity index (χ0) is 13.9. The van der Waals surface area contributed by atoms with Crippen LogP contribution in [-0.4, -0.2) is 57.8 Å². The smallest absolute Gasteiger partial charge is 0.394 e. The first-order valence-electron chi connectivity index (χ1n) is 5.02. The monoisotopic (exact) mass is 305 g/mol. The summed E-state index contributed by atoms with van der Waals surface area (Å²) in [4.78, 5) is 0. The third-order valence-corrected chi connectivity index (χ3v) is 3.46. The van der Waals surface area contributed by atoms with Crippen LogP contribution in [0, 0.1) is 0 Å². The number of aliphatic hydroxyl groups excluding tert-OH is 1. The molecule has 0 radical (unpaired) electrons. The summed E-state index contributed by atoms with van der Waals surface area (Å²) in [6.45, 7) is 1.16. The van der Waals surface area contributed by atoms with E-state index in [-0.39, 0.29) is 13.0 Å². The summed E-state index contributed by atoms with van der Waals surface area (Å²) in [5.74, 6) is 0. The molecule has 4 unspecified atom stereocenters. The summed E-state index contributed by atoms with van der Waals surface area (Å²) in [6.07, 6.45) is -2.51. The van der Waals surface area contributed by atoms with Gasteiger partial charge in [0.15, 0.2) is 0 Å². The molecule has 0 aliphatic carbocycles. The van der Waals surface area contributed by atoms with Crippen LogP contribution in [0.3, 0.4) is 0 Å². The highest BCUT2D eigenvalue weighted by Gasteiger charge is 2.40. The summed E-state index contributed by atoms with van der Waals surface area (Å²) in [6, 6.07) is -0.916. The van der Waals surface area contributed by atoms with Crippen LogP contribution in [0.5, 0.6) is 0 Å². The molecule has 0 aromatic heterocycles. The number of aliphatic hydroxyl groups is 1. The molecular weight excluding hydrogens is 290 g/mol. The van der Waals surface area contributed by atoms with Gasteiger partial charge >= 0.3 is 10.4 Å². The van der Waals surface area contributed by atoms with Crippen LogP contribution in [0.2, 0.25) is 0 Å². The van der Waals surface area contributed by atoms with Crippen LogP contribution in [0.15, 0.2) is 0 Å². The third-order valence-electron chi connectivity index (χ3n) is 2.49. The lowest BCUT2D eigenvalue weighted by Crippen LogP contribution is -2.56. The fourth-order valence-corrected chi connectivity index (χ4v) is 2.90. The molecule has 108 valence electrons. The van der Waals surface area contributed by atoms with Crippen LogP contribution in [0.25, 0.3) is 0 Å². The van der Waals surface area contributed by atoms with Gasteiger partial charge in [0.05, 0.1) is 24.9 Å². The maximum Gasteiger partial charge on any atom is 0.397 e.